The summed E-state index contributed by atoms with van der Waals surface area (Å²) in [6.07, 6.45) is 29.3. The van der Waals surface area contributed by atoms with Crippen molar-refractivity contribution in [2.75, 3.05) is 13.2 Å². The number of rotatable bonds is 29. The molecular weight excluding hydrogens is 560 g/mol. The van der Waals surface area contributed by atoms with Gasteiger partial charge in [-0.3, -0.25) is 4.21 Å². The molecule has 0 fully saturated rings. The van der Waals surface area contributed by atoms with Gasteiger partial charge in [-0.1, -0.05) is 155 Å². The van der Waals surface area contributed by atoms with Crippen LogP contribution in [0.4, 0.5) is 0 Å². The van der Waals surface area contributed by atoms with E-state index in [9.17, 15) is 18.4 Å². The quantitative estimate of drug-likeness (QED) is 0.0502. The second-order valence-electron chi connectivity index (χ2n) is 12.0. The van der Waals surface area contributed by atoms with Gasteiger partial charge in [0.25, 0.3) is 0 Å². The molecule has 1 rings (SSSR count). The molecule has 0 aliphatic rings. The Morgan fingerprint density at radius 2 is 0.791 bits per heavy atom. The summed E-state index contributed by atoms with van der Waals surface area (Å²) in [6.45, 7) is 5.04. The summed E-state index contributed by atoms with van der Waals surface area (Å²) in [4.78, 5) is 25.1. The molecule has 0 bridgehead atoms. The van der Waals surface area contributed by atoms with Gasteiger partial charge in [-0.25, -0.2) is 9.59 Å². The van der Waals surface area contributed by atoms with Gasteiger partial charge in [0.15, 0.2) is 0 Å². The van der Waals surface area contributed by atoms with Crippen LogP contribution in [0.1, 0.15) is 189 Å². The van der Waals surface area contributed by atoms with Crippen LogP contribution in [0.2, 0.25) is 0 Å². The molecule has 0 aliphatic heterocycles. The largest absolute Gasteiger partial charge is 0.768 e. The van der Waals surface area contributed by atoms with Gasteiger partial charge < -0.3 is 14.0 Å². The van der Waals surface area contributed by atoms with E-state index < -0.39 is 23.0 Å². The standard InChI is InChI=1S/C36H62O6S/c1-3-5-7-9-11-13-15-17-19-21-23-25-27-41-35(37)32-29-33(31-34(30-32)43(39)40)36(38)42-28-26-24-22-20-18-16-14-12-10-8-6-4-2/h29-31H,3-28H2,1-2H3,(H,39,40)/p-1. The van der Waals surface area contributed by atoms with Gasteiger partial charge in [-0.05, 0) is 42.1 Å². The second-order valence-corrected chi connectivity index (χ2v) is 13.0. The van der Waals surface area contributed by atoms with E-state index in [1.807, 2.05) is 0 Å². The first kappa shape index (κ1) is 39.3. The molecule has 0 N–H and O–H groups in total. The Labute approximate surface area is 265 Å². The van der Waals surface area contributed by atoms with Crippen LogP contribution in [0.15, 0.2) is 23.1 Å². The number of ether oxygens (including phenoxy) is 2. The topological polar surface area (TPSA) is 92.7 Å². The normalized spacial score (nSPS) is 11.9. The van der Waals surface area contributed by atoms with Crippen LogP contribution in [-0.2, 0) is 20.6 Å². The minimum absolute atomic E-state index is 0.0537. The maximum atomic E-state index is 12.6. The smallest absolute Gasteiger partial charge is 0.338 e. The molecule has 248 valence electrons. The zero-order valence-electron chi connectivity index (χ0n) is 27.5. The number of hydrogen-bond acceptors (Lipinski definition) is 6. The Morgan fingerprint density at radius 1 is 0.512 bits per heavy atom. The van der Waals surface area contributed by atoms with Gasteiger partial charge >= 0.3 is 11.9 Å². The third kappa shape index (κ3) is 21.6. The molecule has 0 aromatic heterocycles. The van der Waals surface area contributed by atoms with Crippen LogP contribution in [-0.4, -0.2) is 33.9 Å². The Bertz CT molecular complexity index is 811. The number of unbranched alkanes of at least 4 members (excludes halogenated alkanes) is 22. The van der Waals surface area contributed by atoms with Crippen LogP contribution in [0.25, 0.3) is 0 Å². The van der Waals surface area contributed by atoms with Gasteiger partial charge in [-0.2, -0.15) is 0 Å². The first-order valence-electron chi connectivity index (χ1n) is 17.6. The molecule has 0 saturated heterocycles. The highest BCUT2D eigenvalue weighted by atomic mass is 32.2. The van der Waals surface area contributed by atoms with Crippen molar-refractivity contribution in [2.24, 2.45) is 0 Å². The molecular formula is C36H61O6S-. The van der Waals surface area contributed by atoms with E-state index in [0.29, 0.717) is 0 Å². The average molecular weight is 622 g/mol. The minimum atomic E-state index is -2.58. The minimum Gasteiger partial charge on any atom is -0.768 e. The Kier molecular flexibility index (Phi) is 25.4. The predicted molar refractivity (Wildman–Crippen MR) is 176 cm³/mol. The maximum Gasteiger partial charge on any atom is 0.338 e. The monoisotopic (exact) mass is 621 g/mol. The first-order chi connectivity index (χ1) is 21.0. The SMILES string of the molecule is CCCCCCCCCCCCCCOC(=O)c1cc(C(=O)OCCCCCCCCCCCCCC)cc(S(=O)[O-])c1. The van der Waals surface area contributed by atoms with Gasteiger partial charge in [0.05, 0.1) is 24.3 Å². The summed E-state index contributed by atoms with van der Waals surface area (Å²) >= 11 is -2.58. The third-order valence-electron chi connectivity index (χ3n) is 8.03. The van der Waals surface area contributed by atoms with E-state index in [4.69, 9.17) is 9.47 Å². The summed E-state index contributed by atoms with van der Waals surface area (Å²) in [6, 6.07) is 3.86. The van der Waals surface area contributed by atoms with Crippen molar-refractivity contribution in [1.29, 1.82) is 0 Å². The van der Waals surface area contributed by atoms with Crippen molar-refractivity contribution in [3.05, 3.63) is 29.3 Å². The van der Waals surface area contributed by atoms with Crippen molar-refractivity contribution >= 4 is 23.0 Å². The third-order valence-corrected chi connectivity index (χ3v) is 8.65. The summed E-state index contributed by atoms with van der Waals surface area (Å²) in [5.41, 5.74) is 0.107. The lowest BCUT2D eigenvalue weighted by atomic mass is 10.1. The summed E-state index contributed by atoms with van der Waals surface area (Å²) < 4.78 is 34.0. The zero-order chi connectivity index (χ0) is 31.4. The second kappa shape index (κ2) is 27.8. The van der Waals surface area contributed by atoms with Crippen LogP contribution in [0.3, 0.4) is 0 Å². The van der Waals surface area contributed by atoms with Crippen molar-refractivity contribution in [3.63, 3.8) is 0 Å². The molecule has 1 unspecified atom stereocenters. The Morgan fingerprint density at radius 3 is 1.07 bits per heavy atom. The number of carbonyl (C=O) groups is 2. The van der Waals surface area contributed by atoms with Gasteiger partial charge in [-0.15, -0.1) is 0 Å². The van der Waals surface area contributed by atoms with Crippen molar-refractivity contribution < 1.29 is 27.8 Å². The lowest BCUT2D eigenvalue weighted by Crippen LogP contribution is -2.12. The highest BCUT2D eigenvalue weighted by molar-refractivity contribution is 7.79. The number of hydrogen-bond donors (Lipinski definition) is 0. The molecule has 7 heteroatoms. The van der Waals surface area contributed by atoms with Gasteiger partial charge in [0.1, 0.15) is 0 Å². The van der Waals surface area contributed by atoms with Crippen LogP contribution in [0.5, 0.6) is 0 Å². The van der Waals surface area contributed by atoms with Crippen molar-refractivity contribution in [3.8, 4) is 0 Å². The molecule has 0 spiro atoms. The van der Waals surface area contributed by atoms with E-state index in [1.54, 1.807) is 0 Å². The van der Waals surface area contributed by atoms with Crippen molar-refractivity contribution in [1.82, 2.24) is 0 Å². The molecule has 6 nitrogen and oxygen atoms in total. The van der Waals surface area contributed by atoms with Crippen LogP contribution in [0, 0.1) is 0 Å². The molecule has 43 heavy (non-hydrogen) atoms. The van der Waals surface area contributed by atoms with E-state index in [0.717, 1.165) is 38.5 Å². The van der Waals surface area contributed by atoms with Crippen LogP contribution < -0.4 is 0 Å². The maximum absolute atomic E-state index is 12.6. The predicted octanol–water partition coefficient (Wildman–Crippen LogP) is 10.6. The molecule has 1 aromatic rings. The van der Waals surface area contributed by atoms with Gasteiger partial charge in [0.2, 0.25) is 0 Å². The van der Waals surface area contributed by atoms with E-state index in [-0.39, 0.29) is 29.2 Å². The van der Waals surface area contributed by atoms with Gasteiger partial charge in [0, 0.05) is 4.90 Å². The fourth-order valence-corrected chi connectivity index (χ4v) is 5.76. The van der Waals surface area contributed by atoms with E-state index >= 15 is 0 Å². The molecule has 0 saturated carbocycles. The first-order valence-corrected chi connectivity index (χ1v) is 18.7. The molecule has 1 aromatic carbocycles. The molecule has 0 aliphatic carbocycles. The highest BCUT2D eigenvalue weighted by Crippen LogP contribution is 2.17. The molecule has 0 amide bonds. The summed E-state index contributed by atoms with van der Waals surface area (Å²) in [7, 11) is 0. The molecule has 1 atom stereocenters. The molecule has 0 radical (unpaired) electrons. The summed E-state index contributed by atoms with van der Waals surface area (Å²) in [5, 5.41) is 0. The number of carbonyl (C=O) groups excluding carboxylic acids is 2. The summed E-state index contributed by atoms with van der Waals surface area (Å²) in [5.74, 6) is -1.24. The highest BCUT2D eigenvalue weighted by Gasteiger charge is 2.16. The Balaban J connectivity index is 2.25. The Hall–Kier alpha value is -1.73. The number of esters is 2. The zero-order valence-corrected chi connectivity index (χ0v) is 28.3. The van der Waals surface area contributed by atoms with E-state index in [1.165, 1.54) is 134 Å². The lowest BCUT2D eigenvalue weighted by molar-refractivity contribution is 0.0495. The fourth-order valence-electron chi connectivity index (χ4n) is 5.31. The average Bonchev–Trinajstić information content (AvgIpc) is 3.01. The van der Waals surface area contributed by atoms with Crippen molar-refractivity contribution in [2.45, 2.75) is 173 Å². The fraction of sp³-hybridized carbons (Fsp3) is 0.778. The van der Waals surface area contributed by atoms with E-state index in [2.05, 4.69) is 13.8 Å². The number of benzene rings is 1. The molecule has 0 heterocycles. The lowest BCUT2D eigenvalue weighted by Gasteiger charge is -2.12. The van der Waals surface area contributed by atoms with Crippen LogP contribution >= 0.6 is 0 Å².